The van der Waals surface area contributed by atoms with Crippen LogP contribution in [-0.2, 0) is 0 Å². The maximum atomic E-state index is 12.3. The highest BCUT2D eigenvalue weighted by atomic mass is 16.5. The topological polar surface area (TPSA) is 90.6 Å². The van der Waals surface area contributed by atoms with Crippen molar-refractivity contribution >= 4 is 11.6 Å². The summed E-state index contributed by atoms with van der Waals surface area (Å²) in [5, 5.41) is 15.7. The Hall–Kier alpha value is -3.94. The van der Waals surface area contributed by atoms with Gasteiger partial charge in [-0.2, -0.15) is 4.52 Å². The van der Waals surface area contributed by atoms with Crippen molar-refractivity contribution in [2.24, 2.45) is 0 Å². The Morgan fingerprint density at radius 2 is 1.74 bits per heavy atom. The summed E-state index contributed by atoms with van der Waals surface area (Å²) < 4.78 is 12.5. The van der Waals surface area contributed by atoms with E-state index in [9.17, 15) is 4.79 Å². The summed E-state index contributed by atoms with van der Waals surface area (Å²) in [6.45, 7) is 4.59. The summed E-state index contributed by atoms with van der Waals surface area (Å²) in [4.78, 5) is 12.3. The zero-order valence-corrected chi connectivity index (χ0v) is 17.6. The van der Waals surface area contributed by atoms with Gasteiger partial charge < -0.3 is 14.8 Å². The molecule has 0 saturated heterocycles. The molecule has 2 heterocycles. The van der Waals surface area contributed by atoms with Gasteiger partial charge in [-0.1, -0.05) is 17.2 Å². The Balaban J connectivity index is 1.40. The van der Waals surface area contributed by atoms with Crippen molar-refractivity contribution in [3.63, 3.8) is 0 Å². The van der Waals surface area contributed by atoms with Crippen LogP contribution < -0.4 is 14.8 Å². The normalized spacial score (nSPS) is 10.8. The molecule has 1 amide bonds. The number of carbonyl (C=O) groups excluding carboxylic acids is 1. The Bertz CT molecular complexity index is 1200. The van der Waals surface area contributed by atoms with E-state index in [1.165, 1.54) is 0 Å². The number of benzene rings is 2. The molecular weight excluding hydrogens is 394 g/mol. The van der Waals surface area contributed by atoms with E-state index in [2.05, 4.69) is 20.6 Å². The van der Waals surface area contributed by atoms with Crippen molar-refractivity contribution in [2.75, 3.05) is 20.3 Å². The van der Waals surface area contributed by atoms with Crippen LogP contribution in [0.3, 0.4) is 0 Å². The Morgan fingerprint density at radius 3 is 2.45 bits per heavy atom. The van der Waals surface area contributed by atoms with Crippen LogP contribution >= 0.6 is 0 Å². The molecule has 2 aromatic carbocycles. The molecule has 0 radical (unpaired) electrons. The lowest BCUT2D eigenvalue weighted by atomic mass is 10.1. The predicted octanol–water partition coefficient (Wildman–Crippen LogP) is 3.23. The second-order valence-corrected chi connectivity index (χ2v) is 7.17. The van der Waals surface area contributed by atoms with E-state index in [4.69, 9.17) is 9.47 Å². The molecule has 0 spiro atoms. The molecule has 0 atom stereocenters. The van der Waals surface area contributed by atoms with E-state index >= 15 is 0 Å². The average Bonchev–Trinajstić information content (AvgIpc) is 3.19. The lowest BCUT2D eigenvalue weighted by Crippen LogP contribution is -2.28. The highest BCUT2D eigenvalue weighted by Gasteiger charge is 2.11. The zero-order chi connectivity index (χ0) is 21.8. The maximum absolute atomic E-state index is 12.3. The molecule has 1 N–H and O–H groups in total. The minimum atomic E-state index is -0.126. The number of aromatic nitrogens is 4. The molecule has 4 aromatic rings. The van der Waals surface area contributed by atoms with Gasteiger partial charge >= 0.3 is 0 Å². The van der Waals surface area contributed by atoms with E-state index in [0.717, 1.165) is 22.4 Å². The molecule has 158 valence electrons. The number of fused-ring (bicyclic) bond motifs is 1. The van der Waals surface area contributed by atoms with E-state index in [1.807, 2.05) is 56.3 Å². The number of hydrogen-bond acceptors (Lipinski definition) is 6. The highest BCUT2D eigenvalue weighted by Crippen LogP contribution is 2.21. The van der Waals surface area contributed by atoms with Crippen LogP contribution in [0.15, 0.2) is 54.6 Å². The first-order chi connectivity index (χ1) is 15.0. The predicted molar refractivity (Wildman–Crippen MR) is 117 cm³/mol. The number of nitrogens with zero attached hydrogens (tertiary/aromatic N) is 4. The fraction of sp³-hybridized carbons (Fsp3) is 0.217. The third-order valence-electron chi connectivity index (χ3n) is 4.71. The Kier molecular flexibility index (Phi) is 5.79. The quantitative estimate of drug-likeness (QED) is 0.464. The molecule has 0 saturated carbocycles. The highest BCUT2D eigenvalue weighted by molar-refractivity contribution is 5.94. The Morgan fingerprint density at radius 1 is 1.00 bits per heavy atom. The number of ether oxygens (including phenoxy) is 2. The third-order valence-corrected chi connectivity index (χ3v) is 4.71. The summed E-state index contributed by atoms with van der Waals surface area (Å²) in [6.07, 6.45) is 0. The van der Waals surface area contributed by atoms with Crippen LogP contribution in [0.25, 0.3) is 17.0 Å². The zero-order valence-electron chi connectivity index (χ0n) is 17.6. The summed E-state index contributed by atoms with van der Waals surface area (Å²) in [7, 11) is 1.62. The van der Waals surface area contributed by atoms with Crippen LogP contribution in [0.5, 0.6) is 11.6 Å². The number of rotatable bonds is 7. The molecule has 0 fully saturated rings. The van der Waals surface area contributed by atoms with E-state index in [-0.39, 0.29) is 12.5 Å². The van der Waals surface area contributed by atoms with Crippen molar-refractivity contribution in [2.45, 2.75) is 13.8 Å². The fourth-order valence-corrected chi connectivity index (χ4v) is 3.30. The SMILES string of the molecule is COc1ccc(-c2nnc3ccc(OCCNC(=O)c4cc(C)cc(C)c4)nn23)cc1. The number of amides is 1. The first kappa shape index (κ1) is 20.3. The second-order valence-electron chi connectivity index (χ2n) is 7.17. The molecule has 31 heavy (non-hydrogen) atoms. The molecule has 0 bridgehead atoms. The van der Waals surface area contributed by atoms with Crippen molar-refractivity contribution in [1.29, 1.82) is 0 Å². The van der Waals surface area contributed by atoms with Crippen molar-refractivity contribution in [1.82, 2.24) is 25.1 Å². The maximum Gasteiger partial charge on any atom is 0.251 e. The van der Waals surface area contributed by atoms with Gasteiger partial charge in [0.05, 0.1) is 13.7 Å². The van der Waals surface area contributed by atoms with Gasteiger partial charge in [-0.3, -0.25) is 4.79 Å². The van der Waals surface area contributed by atoms with Crippen molar-refractivity contribution < 1.29 is 14.3 Å². The van der Waals surface area contributed by atoms with Crippen molar-refractivity contribution in [3.8, 4) is 23.0 Å². The van der Waals surface area contributed by atoms with Gasteiger partial charge in [0.25, 0.3) is 5.91 Å². The van der Waals surface area contributed by atoms with E-state index in [1.54, 1.807) is 23.8 Å². The van der Waals surface area contributed by atoms with Crippen molar-refractivity contribution in [3.05, 3.63) is 71.3 Å². The van der Waals surface area contributed by atoms with Gasteiger partial charge in [0.1, 0.15) is 12.4 Å². The summed E-state index contributed by atoms with van der Waals surface area (Å²) in [5.74, 6) is 1.66. The third kappa shape index (κ3) is 4.63. The Labute approximate surface area is 179 Å². The molecule has 4 rings (SSSR count). The molecule has 2 aromatic heterocycles. The van der Waals surface area contributed by atoms with E-state index in [0.29, 0.717) is 29.5 Å². The largest absolute Gasteiger partial charge is 0.497 e. The molecule has 0 aliphatic rings. The minimum Gasteiger partial charge on any atom is -0.497 e. The first-order valence-electron chi connectivity index (χ1n) is 9.89. The standard InChI is InChI=1S/C23H23N5O3/c1-15-12-16(2)14-18(13-15)23(29)24-10-11-31-21-9-8-20-25-26-22(28(20)27-21)17-4-6-19(30-3)7-5-17/h4-9,12-14H,10-11H2,1-3H3,(H,24,29). The second kappa shape index (κ2) is 8.83. The van der Waals surface area contributed by atoms with Crippen LogP contribution in [0.2, 0.25) is 0 Å². The number of carbonyl (C=O) groups is 1. The minimum absolute atomic E-state index is 0.126. The molecule has 8 heteroatoms. The van der Waals surface area contributed by atoms with Crippen LogP contribution in [0.4, 0.5) is 0 Å². The average molecular weight is 417 g/mol. The molecule has 0 unspecified atom stereocenters. The van der Waals surface area contributed by atoms with Gasteiger partial charge in [0.2, 0.25) is 5.88 Å². The summed E-state index contributed by atoms with van der Waals surface area (Å²) in [5.41, 5.74) is 4.23. The number of aryl methyl sites for hydroxylation is 2. The summed E-state index contributed by atoms with van der Waals surface area (Å²) >= 11 is 0. The van der Waals surface area contributed by atoms with Gasteiger partial charge in [-0.15, -0.1) is 15.3 Å². The molecular formula is C23H23N5O3. The lowest BCUT2D eigenvalue weighted by Gasteiger charge is -2.09. The van der Waals surface area contributed by atoms with Crippen LogP contribution in [0.1, 0.15) is 21.5 Å². The van der Waals surface area contributed by atoms with Crippen LogP contribution in [0, 0.1) is 13.8 Å². The van der Waals surface area contributed by atoms with Crippen LogP contribution in [-0.4, -0.2) is 46.0 Å². The van der Waals surface area contributed by atoms with E-state index < -0.39 is 0 Å². The number of nitrogens with one attached hydrogen (secondary N) is 1. The molecule has 0 aliphatic heterocycles. The summed E-state index contributed by atoms with van der Waals surface area (Å²) in [6, 6.07) is 16.8. The molecule has 0 aliphatic carbocycles. The van der Waals surface area contributed by atoms with Gasteiger partial charge in [-0.25, -0.2) is 0 Å². The monoisotopic (exact) mass is 417 g/mol. The number of hydrogen-bond donors (Lipinski definition) is 1. The van der Waals surface area contributed by atoms with Gasteiger partial charge in [0, 0.05) is 17.2 Å². The van der Waals surface area contributed by atoms with Gasteiger partial charge in [-0.05, 0) is 56.3 Å². The van der Waals surface area contributed by atoms with Gasteiger partial charge in [0.15, 0.2) is 11.5 Å². The lowest BCUT2D eigenvalue weighted by molar-refractivity contribution is 0.0946. The first-order valence-corrected chi connectivity index (χ1v) is 9.89. The fourth-order valence-electron chi connectivity index (χ4n) is 3.30. The smallest absolute Gasteiger partial charge is 0.251 e. The number of methoxy groups -OCH3 is 1. The molecule has 8 nitrogen and oxygen atoms in total.